The zero-order chi connectivity index (χ0) is 12.4. The number of Topliss-reactive ketones (excluding diaryl/α,β-unsaturated/α-hetero) is 1. The number of H-pyrrole nitrogens is 1. The van der Waals surface area contributed by atoms with E-state index >= 15 is 0 Å². The molecule has 2 nitrogen and oxygen atoms in total. The van der Waals surface area contributed by atoms with Crippen LogP contribution in [0.15, 0.2) is 18.2 Å². The van der Waals surface area contributed by atoms with E-state index in [2.05, 4.69) is 4.98 Å². The smallest absolute Gasteiger partial charge is 0.137 e. The number of hydrogen-bond donors (Lipinski definition) is 1. The van der Waals surface area contributed by atoms with Crippen molar-refractivity contribution < 1.29 is 4.79 Å². The fourth-order valence-corrected chi connectivity index (χ4v) is 2.29. The van der Waals surface area contributed by atoms with Gasteiger partial charge in [-0.05, 0) is 18.1 Å². The van der Waals surface area contributed by atoms with Crippen molar-refractivity contribution in [2.24, 2.45) is 0 Å². The van der Waals surface area contributed by atoms with Crippen LogP contribution in [0.25, 0.3) is 10.9 Å². The molecule has 1 N–H and O–H groups in total. The van der Waals surface area contributed by atoms with Gasteiger partial charge in [0.05, 0.1) is 0 Å². The Bertz CT molecular complexity index is 557. The molecule has 0 spiro atoms. The van der Waals surface area contributed by atoms with E-state index in [0.717, 1.165) is 22.8 Å². The molecule has 17 heavy (non-hydrogen) atoms. The van der Waals surface area contributed by atoms with Crippen molar-refractivity contribution in [3.8, 4) is 0 Å². The molecule has 0 amide bonds. The first-order valence-electron chi connectivity index (χ1n) is 6.15. The number of carbonyl (C=O) groups is 1. The van der Waals surface area contributed by atoms with Gasteiger partial charge in [-0.1, -0.05) is 31.4 Å². The molecule has 0 aliphatic heterocycles. The van der Waals surface area contributed by atoms with E-state index < -0.39 is 0 Å². The number of aryl methyl sites for hydroxylation is 1. The predicted octanol–water partition coefficient (Wildman–Crippen LogP) is 2.05. The van der Waals surface area contributed by atoms with Crippen molar-refractivity contribution in [3.63, 3.8) is 0 Å². The van der Waals surface area contributed by atoms with E-state index in [4.69, 9.17) is 7.85 Å². The fraction of sp³-hybridized carbons (Fsp3) is 0.357. The first-order valence-corrected chi connectivity index (χ1v) is 6.15. The molecule has 2 radical (unpaired) electrons. The molecule has 1 aliphatic rings. The van der Waals surface area contributed by atoms with Crippen LogP contribution < -0.4 is 5.46 Å². The number of aromatic nitrogens is 1. The zero-order valence-corrected chi connectivity index (χ0v) is 10.3. The lowest BCUT2D eigenvalue weighted by atomic mass is 9.92. The molecule has 0 saturated heterocycles. The molecule has 1 aliphatic carbocycles. The van der Waals surface area contributed by atoms with Crippen LogP contribution in [-0.4, -0.2) is 18.6 Å². The van der Waals surface area contributed by atoms with Gasteiger partial charge in [0.1, 0.15) is 13.6 Å². The molecule has 1 aromatic carbocycles. The third-order valence-corrected chi connectivity index (χ3v) is 3.05. The highest BCUT2D eigenvalue weighted by Crippen LogP contribution is 2.26. The number of ketones is 1. The van der Waals surface area contributed by atoms with E-state index in [1.54, 1.807) is 0 Å². The normalized spacial score (nSPS) is 14.1. The van der Waals surface area contributed by atoms with Gasteiger partial charge in [0.15, 0.2) is 0 Å². The van der Waals surface area contributed by atoms with Crippen LogP contribution in [0.3, 0.4) is 0 Å². The molecular formula is C14H16BNO. The van der Waals surface area contributed by atoms with Gasteiger partial charge in [-0.3, -0.25) is 4.79 Å². The molecule has 0 bridgehead atoms. The molecule has 0 unspecified atom stereocenters. The Kier molecular flexibility index (Phi) is 3.37. The van der Waals surface area contributed by atoms with Crippen molar-refractivity contribution in [2.75, 3.05) is 0 Å². The maximum absolute atomic E-state index is 11.4. The second-order valence-electron chi connectivity index (χ2n) is 4.10. The van der Waals surface area contributed by atoms with Crippen molar-refractivity contribution in [1.29, 1.82) is 0 Å². The van der Waals surface area contributed by atoms with Crippen LogP contribution in [0.1, 0.15) is 31.5 Å². The first kappa shape index (κ1) is 12.0. The molecule has 0 saturated carbocycles. The van der Waals surface area contributed by atoms with Gasteiger partial charge in [-0.2, -0.15) is 0 Å². The molecule has 1 aromatic heterocycles. The number of carbonyl (C=O) groups excluding carboxylic acids is 1. The minimum atomic E-state index is 0.334. The van der Waals surface area contributed by atoms with E-state index in [-0.39, 0.29) is 0 Å². The van der Waals surface area contributed by atoms with Gasteiger partial charge in [0.2, 0.25) is 0 Å². The Balaban J connectivity index is 0.000000514. The zero-order valence-electron chi connectivity index (χ0n) is 10.3. The lowest BCUT2D eigenvalue weighted by molar-refractivity contribution is -0.118. The number of rotatable bonds is 0. The van der Waals surface area contributed by atoms with Crippen LogP contribution in [0.5, 0.6) is 0 Å². The molecule has 86 valence electrons. The van der Waals surface area contributed by atoms with Crippen molar-refractivity contribution >= 4 is 30.0 Å². The second kappa shape index (κ2) is 4.78. The van der Waals surface area contributed by atoms with Crippen LogP contribution in [-0.2, 0) is 17.6 Å². The summed E-state index contributed by atoms with van der Waals surface area (Å²) in [7, 11) is 5.72. The van der Waals surface area contributed by atoms with E-state index in [9.17, 15) is 4.79 Å². The average Bonchev–Trinajstić information content (AvgIpc) is 2.68. The fourth-order valence-electron chi connectivity index (χ4n) is 2.29. The van der Waals surface area contributed by atoms with Crippen LogP contribution in [0.2, 0.25) is 0 Å². The molecule has 0 fully saturated rings. The Hall–Kier alpha value is -1.51. The van der Waals surface area contributed by atoms with Gasteiger partial charge in [-0.15, -0.1) is 0 Å². The SMILES string of the molecule is CC.[B]c1ccc2c3c([nH]c2c1)CCC(=O)C3. The van der Waals surface area contributed by atoms with Crippen LogP contribution in [0, 0.1) is 0 Å². The van der Waals surface area contributed by atoms with Gasteiger partial charge in [0.25, 0.3) is 0 Å². The predicted molar refractivity (Wildman–Crippen MR) is 72.1 cm³/mol. The minimum absolute atomic E-state index is 0.334. The molecule has 2 aromatic rings. The van der Waals surface area contributed by atoms with E-state index in [1.165, 1.54) is 11.3 Å². The minimum Gasteiger partial charge on any atom is -0.358 e. The number of aromatic amines is 1. The number of nitrogens with one attached hydrogen (secondary N) is 1. The summed E-state index contributed by atoms with van der Waals surface area (Å²) in [5, 5.41) is 1.15. The highest BCUT2D eigenvalue weighted by atomic mass is 16.1. The third kappa shape index (κ3) is 2.14. The Morgan fingerprint density at radius 2 is 2.00 bits per heavy atom. The summed E-state index contributed by atoms with van der Waals surface area (Å²) in [6.07, 6.45) is 2.07. The molecule has 1 heterocycles. The molecule has 0 atom stereocenters. The van der Waals surface area contributed by atoms with E-state index in [1.807, 2.05) is 32.0 Å². The molecular weight excluding hydrogens is 209 g/mol. The van der Waals surface area contributed by atoms with Gasteiger partial charge in [0, 0.05) is 29.4 Å². The van der Waals surface area contributed by atoms with Gasteiger partial charge >= 0.3 is 0 Å². The summed E-state index contributed by atoms with van der Waals surface area (Å²) in [5.74, 6) is 0.334. The topological polar surface area (TPSA) is 32.9 Å². The number of benzene rings is 1. The Labute approximate surface area is 103 Å². The summed E-state index contributed by atoms with van der Waals surface area (Å²) in [6, 6.07) is 5.81. The lowest BCUT2D eigenvalue weighted by Crippen LogP contribution is -2.12. The Morgan fingerprint density at radius 1 is 1.24 bits per heavy atom. The van der Waals surface area contributed by atoms with Crippen molar-refractivity contribution in [1.82, 2.24) is 4.98 Å². The van der Waals surface area contributed by atoms with Crippen LogP contribution >= 0.6 is 0 Å². The van der Waals surface area contributed by atoms with Crippen molar-refractivity contribution in [3.05, 3.63) is 29.5 Å². The summed E-state index contributed by atoms with van der Waals surface area (Å²) in [5.41, 5.74) is 4.18. The summed E-state index contributed by atoms with van der Waals surface area (Å²) < 4.78 is 0. The van der Waals surface area contributed by atoms with Crippen molar-refractivity contribution in [2.45, 2.75) is 33.1 Å². The molecule has 3 rings (SSSR count). The van der Waals surface area contributed by atoms with Crippen LogP contribution in [0.4, 0.5) is 0 Å². The highest BCUT2D eigenvalue weighted by Gasteiger charge is 2.19. The summed E-state index contributed by atoms with van der Waals surface area (Å²) >= 11 is 0. The maximum atomic E-state index is 11.4. The summed E-state index contributed by atoms with van der Waals surface area (Å²) in [6.45, 7) is 4.00. The standard InChI is InChI=1S/C12H10BNO.C2H6/c13-7-1-3-9-10-6-8(15)2-4-11(10)14-12(9)5-7;1-2/h1,3,5,14H,2,4,6H2;1-2H3. The monoisotopic (exact) mass is 225 g/mol. The molecule has 3 heteroatoms. The van der Waals surface area contributed by atoms with E-state index in [0.29, 0.717) is 18.6 Å². The summed E-state index contributed by atoms with van der Waals surface area (Å²) in [4.78, 5) is 14.7. The Morgan fingerprint density at radius 3 is 2.76 bits per heavy atom. The number of hydrogen-bond acceptors (Lipinski definition) is 1. The maximum Gasteiger partial charge on any atom is 0.137 e. The van der Waals surface area contributed by atoms with Gasteiger partial charge < -0.3 is 4.98 Å². The average molecular weight is 225 g/mol. The lowest BCUT2D eigenvalue weighted by Gasteiger charge is -2.09. The quantitative estimate of drug-likeness (QED) is 0.684. The largest absolute Gasteiger partial charge is 0.358 e. The second-order valence-corrected chi connectivity index (χ2v) is 4.10. The first-order chi connectivity index (χ1) is 8.24. The highest BCUT2D eigenvalue weighted by molar-refractivity contribution is 6.33. The number of fused-ring (bicyclic) bond motifs is 3. The van der Waals surface area contributed by atoms with Gasteiger partial charge in [-0.25, -0.2) is 0 Å². The third-order valence-electron chi connectivity index (χ3n) is 3.05.